The third-order valence-corrected chi connectivity index (χ3v) is 4.70. The number of rotatable bonds is 4. The fourth-order valence-electron chi connectivity index (χ4n) is 3.08. The quantitative estimate of drug-likeness (QED) is 0.726. The van der Waals surface area contributed by atoms with Crippen LogP contribution in [-0.4, -0.2) is 5.91 Å². The number of furan rings is 1. The van der Waals surface area contributed by atoms with Crippen molar-refractivity contribution in [2.45, 2.75) is 40.5 Å². The molecular weight excluding hydrogens is 298 g/mol. The number of fused-ring (bicyclic) bond motifs is 1. The van der Waals surface area contributed by atoms with E-state index in [1.807, 2.05) is 32.0 Å². The van der Waals surface area contributed by atoms with Gasteiger partial charge in [-0.15, -0.1) is 0 Å². The van der Waals surface area contributed by atoms with E-state index in [2.05, 4.69) is 31.3 Å². The Morgan fingerprint density at radius 2 is 1.83 bits per heavy atom. The summed E-state index contributed by atoms with van der Waals surface area (Å²) in [6.07, 6.45) is 2.91. The number of nitrogens with one attached hydrogen (secondary N) is 1. The molecule has 1 aromatic heterocycles. The Hall–Kier alpha value is -2.55. The fourth-order valence-corrected chi connectivity index (χ4v) is 3.08. The molecule has 1 heterocycles. The molecule has 0 aliphatic carbocycles. The Morgan fingerprint density at radius 1 is 1.04 bits per heavy atom. The van der Waals surface area contributed by atoms with E-state index in [1.165, 1.54) is 5.56 Å². The van der Waals surface area contributed by atoms with Gasteiger partial charge in [0.2, 0.25) is 5.91 Å². The minimum absolute atomic E-state index is 0.0140. The van der Waals surface area contributed by atoms with Crippen LogP contribution in [-0.2, 0) is 17.6 Å². The summed E-state index contributed by atoms with van der Waals surface area (Å²) in [5.74, 6) is -0.0140. The van der Waals surface area contributed by atoms with Gasteiger partial charge in [0.25, 0.3) is 0 Å². The van der Waals surface area contributed by atoms with Crippen molar-refractivity contribution in [3.8, 4) is 0 Å². The molecule has 3 rings (SSSR count). The normalized spacial score (nSPS) is 11.0. The number of amides is 1. The number of anilines is 1. The molecule has 0 unspecified atom stereocenters. The third-order valence-electron chi connectivity index (χ3n) is 4.70. The van der Waals surface area contributed by atoms with Crippen molar-refractivity contribution < 1.29 is 9.21 Å². The van der Waals surface area contributed by atoms with Gasteiger partial charge in [-0.3, -0.25) is 4.79 Å². The van der Waals surface area contributed by atoms with E-state index in [0.717, 1.165) is 45.3 Å². The van der Waals surface area contributed by atoms with Crippen molar-refractivity contribution in [3.63, 3.8) is 0 Å². The maximum absolute atomic E-state index is 12.5. The molecule has 0 atom stereocenters. The van der Waals surface area contributed by atoms with E-state index in [0.29, 0.717) is 6.42 Å². The molecule has 1 amide bonds. The van der Waals surface area contributed by atoms with Crippen LogP contribution in [0.3, 0.4) is 0 Å². The summed E-state index contributed by atoms with van der Waals surface area (Å²) in [6, 6.07) is 10.2. The number of hydrogen-bond donors (Lipinski definition) is 1. The maximum atomic E-state index is 12.5. The molecule has 3 nitrogen and oxygen atoms in total. The van der Waals surface area contributed by atoms with Crippen LogP contribution in [0.5, 0.6) is 0 Å². The van der Waals surface area contributed by atoms with Crippen molar-refractivity contribution in [1.82, 2.24) is 0 Å². The van der Waals surface area contributed by atoms with Crippen LogP contribution in [0, 0.1) is 20.8 Å². The molecule has 0 saturated heterocycles. The van der Waals surface area contributed by atoms with Gasteiger partial charge in [0.15, 0.2) is 0 Å². The Balaban J connectivity index is 1.85. The predicted octanol–water partition coefficient (Wildman–Crippen LogP) is 5.10. The molecule has 0 saturated carbocycles. The van der Waals surface area contributed by atoms with Crippen molar-refractivity contribution in [1.29, 1.82) is 0 Å². The first kappa shape index (κ1) is 16.3. The average Bonchev–Trinajstić information content (AvgIpc) is 2.96. The van der Waals surface area contributed by atoms with E-state index in [-0.39, 0.29) is 5.91 Å². The van der Waals surface area contributed by atoms with Gasteiger partial charge in [0.05, 0.1) is 12.7 Å². The van der Waals surface area contributed by atoms with Crippen molar-refractivity contribution in [2.75, 3.05) is 5.32 Å². The van der Waals surface area contributed by atoms with E-state index in [4.69, 9.17) is 4.42 Å². The zero-order valence-electron chi connectivity index (χ0n) is 14.7. The number of carbonyl (C=O) groups is 1. The molecule has 1 N–H and O–H groups in total. The summed E-state index contributed by atoms with van der Waals surface area (Å²) in [4.78, 5) is 12.5. The van der Waals surface area contributed by atoms with E-state index in [9.17, 15) is 4.79 Å². The van der Waals surface area contributed by atoms with Crippen LogP contribution in [0.2, 0.25) is 0 Å². The van der Waals surface area contributed by atoms with Gasteiger partial charge in [-0.1, -0.05) is 37.3 Å². The Morgan fingerprint density at radius 3 is 2.58 bits per heavy atom. The van der Waals surface area contributed by atoms with Crippen LogP contribution >= 0.6 is 0 Å². The molecule has 0 aliphatic rings. The van der Waals surface area contributed by atoms with Crippen molar-refractivity contribution in [2.24, 2.45) is 0 Å². The Kier molecular flexibility index (Phi) is 4.43. The lowest BCUT2D eigenvalue weighted by Gasteiger charge is -2.12. The van der Waals surface area contributed by atoms with Gasteiger partial charge >= 0.3 is 0 Å². The standard InChI is InChI=1S/C21H23NO2/c1-5-16-8-6-7-14(3)20(16)22-19(23)11-17-12-24-21-15(4)13(2)9-10-18(17)21/h6-10,12H,5,11H2,1-4H3,(H,22,23). The average molecular weight is 321 g/mol. The fraction of sp³-hybridized carbons (Fsp3) is 0.286. The van der Waals surface area contributed by atoms with Gasteiger partial charge in [-0.25, -0.2) is 0 Å². The van der Waals surface area contributed by atoms with Gasteiger partial charge in [0.1, 0.15) is 5.58 Å². The first-order chi connectivity index (χ1) is 11.5. The summed E-state index contributed by atoms with van der Waals surface area (Å²) < 4.78 is 5.70. The smallest absolute Gasteiger partial charge is 0.228 e. The number of para-hydroxylation sites is 1. The van der Waals surface area contributed by atoms with Crippen LogP contribution in [0.4, 0.5) is 5.69 Å². The highest BCUT2D eigenvalue weighted by Gasteiger charge is 2.14. The molecule has 3 heteroatoms. The molecular formula is C21H23NO2. The topological polar surface area (TPSA) is 42.2 Å². The monoisotopic (exact) mass is 321 g/mol. The van der Waals surface area contributed by atoms with E-state index in [1.54, 1.807) is 6.26 Å². The zero-order valence-corrected chi connectivity index (χ0v) is 14.7. The van der Waals surface area contributed by atoms with Crippen molar-refractivity contribution in [3.05, 3.63) is 64.4 Å². The lowest BCUT2D eigenvalue weighted by molar-refractivity contribution is -0.115. The van der Waals surface area contributed by atoms with Crippen molar-refractivity contribution >= 4 is 22.6 Å². The lowest BCUT2D eigenvalue weighted by atomic mass is 10.0. The van der Waals surface area contributed by atoms with Gasteiger partial charge in [-0.05, 0) is 49.4 Å². The highest BCUT2D eigenvalue weighted by atomic mass is 16.3. The summed E-state index contributed by atoms with van der Waals surface area (Å²) >= 11 is 0. The number of aryl methyl sites for hydroxylation is 4. The maximum Gasteiger partial charge on any atom is 0.228 e. The Labute approximate surface area is 142 Å². The second-order valence-electron chi connectivity index (χ2n) is 6.33. The lowest BCUT2D eigenvalue weighted by Crippen LogP contribution is -2.16. The van der Waals surface area contributed by atoms with Crippen LogP contribution in [0.25, 0.3) is 11.0 Å². The minimum atomic E-state index is -0.0140. The van der Waals surface area contributed by atoms with Gasteiger partial charge in [-0.2, -0.15) is 0 Å². The predicted molar refractivity (Wildman–Crippen MR) is 98.6 cm³/mol. The summed E-state index contributed by atoms with van der Waals surface area (Å²) in [6.45, 7) is 8.23. The first-order valence-electron chi connectivity index (χ1n) is 8.36. The summed E-state index contributed by atoms with van der Waals surface area (Å²) in [5.41, 5.74) is 7.31. The highest BCUT2D eigenvalue weighted by molar-refractivity contribution is 5.97. The summed E-state index contributed by atoms with van der Waals surface area (Å²) in [7, 11) is 0. The second kappa shape index (κ2) is 6.52. The van der Waals surface area contributed by atoms with Crippen LogP contribution in [0.15, 0.2) is 41.0 Å². The molecule has 2 aromatic carbocycles. The zero-order chi connectivity index (χ0) is 17.3. The number of carbonyl (C=O) groups excluding carboxylic acids is 1. The van der Waals surface area contributed by atoms with E-state index < -0.39 is 0 Å². The largest absolute Gasteiger partial charge is 0.464 e. The number of hydrogen-bond acceptors (Lipinski definition) is 2. The number of benzene rings is 2. The van der Waals surface area contributed by atoms with Gasteiger partial charge < -0.3 is 9.73 Å². The minimum Gasteiger partial charge on any atom is -0.464 e. The molecule has 0 bridgehead atoms. The third kappa shape index (κ3) is 2.94. The van der Waals surface area contributed by atoms with E-state index >= 15 is 0 Å². The summed E-state index contributed by atoms with van der Waals surface area (Å²) in [5, 5.41) is 4.10. The molecule has 124 valence electrons. The highest BCUT2D eigenvalue weighted by Crippen LogP contribution is 2.27. The molecule has 3 aromatic rings. The molecule has 0 radical (unpaired) electrons. The molecule has 0 aliphatic heterocycles. The molecule has 0 fully saturated rings. The molecule has 0 spiro atoms. The second-order valence-corrected chi connectivity index (χ2v) is 6.33. The van der Waals surface area contributed by atoms with Crippen LogP contribution < -0.4 is 5.32 Å². The SMILES string of the molecule is CCc1cccc(C)c1NC(=O)Cc1coc2c(C)c(C)ccc12. The Bertz CT molecular complexity index is 906. The molecule has 24 heavy (non-hydrogen) atoms. The first-order valence-corrected chi connectivity index (χ1v) is 8.36. The van der Waals surface area contributed by atoms with Crippen LogP contribution in [0.1, 0.15) is 34.7 Å². The van der Waals surface area contributed by atoms with Gasteiger partial charge in [0, 0.05) is 16.6 Å².